The van der Waals surface area contributed by atoms with Gasteiger partial charge in [-0.2, -0.15) is 0 Å². The molecule has 0 heterocycles. The number of halogens is 1. The molecule has 16 heavy (non-hydrogen) atoms. The molecule has 0 aliphatic carbocycles. The molecule has 0 saturated heterocycles. The van der Waals surface area contributed by atoms with Crippen LogP contribution in [0.1, 0.15) is 11.1 Å². The Morgan fingerprint density at radius 2 is 1.44 bits per heavy atom. The van der Waals surface area contributed by atoms with E-state index in [1.165, 1.54) is 22.3 Å². The molecule has 0 aliphatic heterocycles. The third-order valence-electron chi connectivity index (χ3n) is 2.73. The molecule has 0 unspecified atom stereocenters. The topological polar surface area (TPSA) is 26.0 Å². The summed E-state index contributed by atoms with van der Waals surface area (Å²) < 4.78 is 1.11. The van der Waals surface area contributed by atoms with E-state index >= 15 is 0 Å². The maximum atomic E-state index is 5.76. The van der Waals surface area contributed by atoms with E-state index in [0.29, 0.717) is 0 Å². The summed E-state index contributed by atoms with van der Waals surface area (Å²) in [6.07, 6.45) is 0. The molecule has 2 heteroatoms. The van der Waals surface area contributed by atoms with Crippen LogP contribution < -0.4 is 5.73 Å². The van der Waals surface area contributed by atoms with Gasteiger partial charge in [0.2, 0.25) is 0 Å². The second kappa shape index (κ2) is 4.30. The first kappa shape index (κ1) is 11.2. The van der Waals surface area contributed by atoms with Gasteiger partial charge in [-0.3, -0.25) is 0 Å². The van der Waals surface area contributed by atoms with Crippen molar-refractivity contribution in [1.82, 2.24) is 0 Å². The van der Waals surface area contributed by atoms with E-state index in [-0.39, 0.29) is 0 Å². The molecule has 2 N–H and O–H groups in total. The molecule has 0 spiro atoms. The standard InChI is InChI=1S/C14H14BrN/c1-9-7-11(15)3-5-13(9)14-6-4-12(16)8-10(14)2/h3-8H,16H2,1-2H3. The SMILES string of the molecule is Cc1cc(N)ccc1-c1ccc(Br)cc1C. The average Bonchev–Trinajstić information content (AvgIpc) is 2.19. The zero-order chi connectivity index (χ0) is 11.7. The summed E-state index contributed by atoms with van der Waals surface area (Å²) in [5.74, 6) is 0. The quantitative estimate of drug-likeness (QED) is 0.771. The second-order valence-corrected chi connectivity index (χ2v) is 4.95. The highest BCUT2D eigenvalue weighted by molar-refractivity contribution is 9.10. The van der Waals surface area contributed by atoms with Crippen LogP contribution in [0.15, 0.2) is 40.9 Å². The molecule has 82 valence electrons. The van der Waals surface area contributed by atoms with Gasteiger partial charge in [0, 0.05) is 10.2 Å². The lowest BCUT2D eigenvalue weighted by Gasteiger charge is -2.10. The Kier molecular flexibility index (Phi) is 3.01. The van der Waals surface area contributed by atoms with Crippen molar-refractivity contribution in [3.8, 4) is 11.1 Å². The van der Waals surface area contributed by atoms with Crippen LogP contribution in [0.2, 0.25) is 0 Å². The van der Waals surface area contributed by atoms with Crippen molar-refractivity contribution in [2.45, 2.75) is 13.8 Å². The Bertz CT molecular complexity index is 483. The van der Waals surface area contributed by atoms with E-state index in [1.807, 2.05) is 12.1 Å². The molecule has 1 nitrogen and oxygen atoms in total. The normalized spacial score (nSPS) is 10.4. The van der Waals surface area contributed by atoms with Crippen molar-refractivity contribution in [3.63, 3.8) is 0 Å². The Balaban J connectivity index is 2.59. The highest BCUT2D eigenvalue weighted by Crippen LogP contribution is 2.29. The molecule has 0 aromatic heterocycles. The fourth-order valence-corrected chi connectivity index (χ4v) is 2.39. The molecule has 0 aliphatic rings. The molecule has 0 bridgehead atoms. The number of benzene rings is 2. The predicted octanol–water partition coefficient (Wildman–Crippen LogP) is 4.32. The number of aryl methyl sites for hydroxylation is 2. The summed E-state index contributed by atoms with van der Waals surface area (Å²) in [6.45, 7) is 4.21. The third kappa shape index (κ3) is 2.12. The molecule has 0 fully saturated rings. The Morgan fingerprint density at radius 1 is 0.875 bits per heavy atom. The Hall–Kier alpha value is -1.28. The van der Waals surface area contributed by atoms with Gasteiger partial charge in [0.05, 0.1) is 0 Å². The van der Waals surface area contributed by atoms with E-state index in [1.54, 1.807) is 0 Å². The van der Waals surface area contributed by atoms with Gasteiger partial charge in [-0.25, -0.2) is 0 Å². The van der Waals surface area contributed by atoms with Crippen LogP contribution in [0, 0.1) is 13.8 Å². The van der Waals surface area contributed by atoms with Crippen molar-refractivity contribution < 1.29 is 0 Å². The van der Waals surface area contributed by atoms with Gasteiger partial charge in [0.1, 0.15) is 0 Å². The highest BCUT2D eigenvalue weighted by Gasteiger charge is 2.05. The molecule has 2 aromatic rings. The van der Waals surface area contributed by atoms with E-state index in [0.717, 1.165) is 10.2 Å². The smallest absolute Gasteiger partial charge is 0.0317 e. The lowest BCUT2D eigenvalue weighted by molar-refractivity contribution is 1.40. The van der Waals surface area contributed by atoms with Gasteiger partial charge in [-0.15, -0.1) is 0 Å². The lowest BCUT2D eigenvalue weighted by Crippen LogP contribution is -1.90. The third-order valence-corrected chi connectivity index (χ3v) is 3.22. The van der Waals surface area contributed by atoms with Crippen molar-refractivity contribution in [1.29, 1.82) is 0 Å². The van der Waals surface area contributed by atoms with Crippen molar-refractivity contribution in [3.05, 3.63) is 52.0 Å². The predicted molar refractivity (Wildman–Crippen MR) is 73.5 cm³/mol. The van der Waals surface area contributed by atoms with Gasteiger partial charge >= 0.3 is 0 Å². The minimum Gasteiger partial charge on any atom is -0.399 e. The van der Waals surface area contributed by atoms with Crippen LogP contribution in [-0.4, -0.2) is 0 Å². The Morgan fingerprint density at radius 3 is 2.00 bits per heavy atom. The van der Waals surface area contributed by atoms with E-state index in [2.05, 4.69) is 54.0 Å². The first-order valence-corrected chi connectivity index (χ1v) is 6.00. The number of hydrogen-bond donors (Lipinski definition) is 1. The summed E-state index contributed by atoms with van der Waals surface area (Å²) in [6, 6.07) is 12.4. The number of nitrogens with two attached hydrogens (primary N) is 1. The van der Waals surface area contributed by atoms with Gasteiger partial charge in [-0.1, -0.05) is 28.1 Å². The number of hydrogen-bond acceptors (Lipinski definition) is 1. The largest absolute Gasteiger partial charge is 0.399 e. The monoisotopic (exact) mass is 275 g/mol. The number of nitrogen functional groups attached to an aromatic ring is 1. The summed E-state index contributed by atoms with van der Waals surface area (Å²) in [7, 11) is 0. The van der Waals surface area contributed by atoms with Crippen LogP contribution in [0.25, 0.3) is 11.1 Å². The second-order valence-electron chi connectivity index (χ2n) is 4.03. The molecule has 0 saturated carbocycles. The number of rotatable bonds is 1. The maximum absolute atomic E-state index is 5.76. The van der Waals surface area contributed by atoms with E-state index in [9.17, 15) is 0 Å². The molecule has 2 aromatic carbocycles. The molecule has 0 amide bonds. The summed E-state index contributed by atoms with van der Waals surface area (Å²) >= 11 is 3.48. The molecular weight excluding hydrogens is 262 g/mol. The Labute approximate surface area is 104 Å². The van der Waals surface area contributed by atoms with Crippen molar-refractivity contribution in [2.75, 3.05) is 5.73 Å². The molecule has 0 atom stereocenters. The zero-order valence-electron chi connectivity index (χ0n) is 9.42. The lowest BCUT2D eigenvalue weighted by atomic mass is 9.96. The fraction of sp³-hybridized carbons (Fsp3) is 0.143. The summed E-state index contributed by atoms with van der Waals surface area (Å²) in [5.41, 5.74) is 11.6. The number of anilines is 1. The van der Waals surface area contributed by atoms with Gasteiger partial charge < -0.3 is 5.73 Å². The van der Waals surface area contributed by atoms with Crippen LogP contribution in [0.5, 0.6) is 0 Å². The zero-order valence-corrected chi connectivity index (χ0v) is 11.0. The molecule has 0 radical (unpaired) electrons. The molecule has 2 rings (SSSR count). The van der Waals surface area contributed by atoms with Crippen LogP contribution in [0.4, 0.5) is 5.69 Å². The van der Waals surface area contributed by atoms with Gasteiger partial charge in [0.15, 0.2) is 0 Å². The maximum Gasteiger partial charge on any atom is 0.0317 e. The van der Waals surface area contributed by atoms with Gasteiger partial charge in [0.25, 0.3) is 0 Å². The van der Waals surface area contributed by atoms with Crippen molar-refractivity contribution >= 4 is 21.6 Å². The first-order valence-electron chi connectivity index (χ1n) is 5.20. The molecular formula is C14H14BrN. The minimum atomic E-state index is 0.816. The van der Waals surface area contributed by atoms with Crippen LogP contribution in [-0.2, 0) is 0 Å². The van der Waals surface area contributed by atoms with E-state index < -0.39 is 0 Å². The van der Waals surface area contributed by atoms with Crippen molar-refractivity contribution in [2.24, 2.45) is 0 Å². The summed E-state index contributed by atoms with van der Waals surface area (Å²) in [4.78, 5) is 0. The van der Waals surface area contributed by atoms with Crippen LogP contribution in [0.3, 0.4) is 0 Å². The average molecular weight is 276 g/mol. The first-order chi connectivity index (χ1) is 7.58. The fourth-order valence-electron chi connectivity index (χ4n) is 1.92. The minimum absolute atomic E-state index is 0.816. The summed E-state index contributed by atoms with van der Waals surface area (Å²) in [5, 5.41) is 0. The van der Waals surface area contributed by atoms with E-state index in [4.69, 9.17) is 5.73 Å². The van der Waals surface area contributed by atoms with Crippen LogP contribution >= 0.6 is 15.9 Å². The highest BCUT2D eigenvalue weighted by atomic mass is 79.9. The van der Waals surface area contributed by atoms with Gasteiger partial charge in [-0.05, 0) is 60.4 Å².